The number of ether oxygens (including phenoxy) is 1. The summed E-state index contributed by atoms with van der Waals surface area (Å²) < 4.78 is 5.28. The minimum atomic E-state index is -0.427. The lowest BCUT2D eigenvalue weighted by Gasteiger charge is -2.35. The first-order chi connectivity index (χ1) is 13.9. The highest BCUT2D eigenvalue weighted by Gasteiger charge is 2.33. The Balaban J connectivity index is 1.86. The number of anilines is 1. The maximum absolute atomic E-state index is 12.7. The van der Waals surface area contributed by atoms with Crippen LogP contribution in [0.2, 0.25) is 0 Å². The maximum Gasteiger partial charge on any atom is 0.338 e. The van der Waals surface area contributed by atoms with Crippen LogP contribution in [0.4, 0.5) is 5.69 Å². The molecule has 1 atom stereocenters. The molecule has 1 fully saturated rings. The van der Waals surface area contributed by atoms with Crippen molar-refractivity contribution in [2.24, 2.45) is 5.92 Å². The van der Waals surface area contributed by atoms with Gasteiger partial charge in [-0.05, 0) is 56.6 Å². The lowest BCUT2D eigenvalue weighted by Crippen LogP contribution is -2.46. The van der Waals surface area contributed by atoms with E-state index in [-0.39, 0.29) is 17.8 Å². The van der Waals surface area contributed by atoms with E-state index < -0.39 is 6.04 Å². The first kappa shape index (κ1) is 21.3. The molecule has 1 saturated carbocycles. The summed E-state index contributed by atoms with van der Waals surface area (Å²) in [5, 5.41) is 6.82. The fourth-order valence-corrected chi connectivity index (χ4v) is 4.22. The molecule has 0 bridgehead atoms. The minimum Gasteiger partial charge on any atom is -0.463 e. The number of nitrogens with zero attached hydrogens (tertiary/aromatic N) is 1. The van der Waals surface area contributed by atoms with E-state index >= 15 is 0 Å². The third kappa shape index (κ3) is 4.78. The van der Waals surface area contributed by atoms with Crippen LogP contribution in [0.1, 0.15) is 57.6 Å². The molecule has 156 valence electrons. The summed E-state index contributed by atoms with van der Waals surface area (Å²) in [7, 11) is 1.82. The van der Waals surface area contributed by atoms with E-state index in [2.05, 4.69) is 10.6 Å². The Bertz CT molecular complexity index is 830. The lowest BCUT2D eigenvalue weighted by atomic mass is 9.88. The van der Waals surface area contributed by atoms with Crippen molar-refractivity contribution in [3.63, 3.8) is 0 Å². The predicted molar refractivity (Wildman–Crippen MR) is 117 cm³/mol. The number of rotatable bonds is 5. The molecule has 1 aromatic carbocycles. The zero-order valence-electron chi connectivity index (χ0n) is 17.3. The first-order valence-corrected chi connectivity index (χ1v) is 10.7. The van der Waals surface area contributed by atoms with Crippen LogP contribution in [-0.4, -0.2) is 35.5 Å². The van der Waals surface area contributed by atoms with Gasteiger partial charge < -0.3 is 20.3 Å². The molecule has 1 amide bonds. The monoisotopic (exact) mass is 415 g/mol. The van der Waals surface area contributed by atoms with Crippen molar-refractivity contribution in [1.29, 1.82) is 0 Å². The van der Waals surface area contributed by atoms with Gasteiger partial charge in [0.05, 0.1) is 18.2 Å². The Morgan fingerprint density at radius 2 is 2.00 bits per heavy atom. The summed E-state index contributed by atoms with van der Waals surface area (Å²) in [6.07, 6.45) is 5.34. The molecule has 1 aliphatic carbocycles. The van der Waals surface area contributed by atoms with Gasteiger partial charge in [-0.15, -0.1) is 0 Å². The molecule has 7 heteroatoms. The fourth-order valence-electron chi connectivity index (χ4n) is 3.96. The molecule has 29 heavy (non-hydrogen) atoms. The van der Waals surface area contributed by atoms with E-state index in [0.717, 1.165) is 42.6 Å². The van der Waals surface area contributed by atoms with Crippen LogP contribution in [0.3, 0.4) is 0 Å². The van der Waals surface area contributed by atoms with E-state index in [9.17, 15) is 9.59 Å². The SMILES string of the molecule is CCOC(=O)C1=C(C)N(C)C(=S)N[C@H]1c1cccc(NC(=O)C2CCCCC2)c1. The number of amides is 1. The molecule has 6 nitrogen and oxygen atoms in total. The standard InChI is InChI=1S/C22H29N3O3S/c1-4-28-21(27)18-14(2)25(3)22(29)24-19(18)16-11-8-12-17(13-16)23-20(26)15-9-6-5-7-10-15/h8,11-13,15,19H,4-7,9-10H2,1-3H3,(H,23,26)(H,24,29)/t19-/m0/s1. The molecule has 0 spiro atoms. The maximum atomic E-state index is 12.7. The van der Waals surface area contributed by atoms with Crippen molar-refractivity contribution in [1.82, 2.24) is 10.2 Å². The Morgan fingerprint density at radius 3 is 2.69 bits per heavy atom. The highest BCUT2D eigenvalue weighted by Crippen LogP contribution is 2.32. The number of thiocarbonyl (C=S) groups is 1. The van der Waals surface area contributed by atoms with E-state index in [0.29, 0.717) is 17.3 Å². The average molecular weight is 416 g/mol. The van der Waals surface area contributed by atoms with Gasteiger partial charge in [0.2, 0.25) is 5.91 Å². The molecule has 2 aliphatic rings. The minimum absolute atomic E-state index is 0.0750. The summed E-state index contributed by atoms with van der Waals surface area (Å²) in [4.78, 5) is 27.0. The zero-order chi connectivity index (χ0) is 21.0. The highest BCUT2D eigenvalue weighted by molar-refractivity contribution is 7.80. The second kappa shape index (κ2) is 9.39. The van der Waals surface area contributed by atoms with Gasteiger partial charge >= 0.3 is 5.97 Å². The number of hydrogen-bond acceptors (Lipinski definition) is 4. The largest absolute Gasteiger partial charge is 0.463 e. The number of allylic oxidation sites excluding steroid dienone is 1. The Morgan fingerprint density at radius 1 is 1.28 bits per heavy atom. The van der Waals surface area contributed by atoms with E-state index in [1.54, 1.807) is 11.8 Å². The van der Waals surface area contributed by atoms with E-state index in [4.69, 9.17) is 17.0 Å². The molecule has 0 radical (unpaired) electrons. The summed E-state index contributed by atoms with van der Waals surface area (Å²) in [5.41, 5.74) is 2.86. The Hall–Kier alpha value is -2.41. The third-order valence-electron chi connectivity index (χ3n) is 5.71. The second-order valence-corrected chi connectivity index (χ2v) is 8.00. The lowest BCUT2D eigenvalue weighted by molar-refractivity contribution is -0.139. The number of carbonyl (C=O) groups is 2. The van der Waals surface area contributed by atoms with Crippen molar-refractivity contribution in [3.8, 4) is 0 Å². The van der Waals surface area contributed by atoms with Crippen LogP contribution >= 0.6 is 12.2 Å². The van der Waals surface area contributed by atoms with Crippen LogP contribution in [-0.2, 0) is 14.3 Å². The number of esters is 1. The fraction of sp³-hybridized carbons (Fsp3) is 0.500. The molecular weight excluding hydrogens is 386 g/mol. The number of hydrogen-bond donors (Lipinski definition) is 2. The molecule has 1 aromatic rings. The normalized spacial score (nSPS) is 20.3. The highest BCUT2D eigenvalue weighted by atomic mass is 32.1. The van der Waals surface area contributed by atoms with Crippen LogP contribution in [0.15, 0.2) is 35.5 Å². The van der Waals surface area contributed by atoms with Crippen molar-refractivity contribution in [2.75, 3.05) is 19.0 Å². The third-order valence-corrected chi connectivity index (χ3v) is 6.10. The van der Waals surface area contributed by atoms with Gasteiger partial charge in [-0.2, -0.15) is 0 Å². The van der Waals surface area contributed by atoms with Crippen LogP contribution in [0.25, 0.3) is 0 Å². The van der Waals surface area contributed by atoms with Gasteiger partial charge in [-0.1, -0.05) is 31.4 Å². The molecule has 1 heterocycles. The van der Waals surface area contributed by atoms with Gasteiger partial charge in [0, 0.05) is 24.4 Å². The Labute approximate surface area is 177 Å². The molecule has 3 rings (SSSR count). The van der Waals surface area contributed by atoms with Crippen molar-refractivity contribution in [3.05, 3.63) is 41.1 Å². The first-order valence-electron chi connectivity index (χ1n) is 10.2. The summed E-state index contributed by atoms with van der Waals surface area (Å²) >= 11 is 5.43. The van der Waals surface area contributed by atoms with Gasteiger partial charge in [0.15, 0.2) is 5.11 Å². The topological polar surface area (TPSA) is 70.7 Å². The molecular formula is C22H29N3O3S. The van der Waals surface area contributed by atoms with Gasteiger partial charge in [0.1, 0.15) is 0 Å². The van der Waals surface area contributed by atoms with Gasteiger partial charge in [-0.25, -0.2) is 4.79 Å². The Kier molecular flexibility index (Phi) is 6.90. The molecule has 0 aromatic heterocycles. The molecule has 0 saturated heterocycles. The number of carbonyl (C=O) groups excluding carboxylic acids is 2. The van der Waals surface area contributed by atoms with Crippen molar-refractivity contribution >= 4 is 34.9 Å². The zero-order valence-corrected chi connectivity index (χ0v) is 18.1. The average Bonchev–Trinajstić information content (AvgIpc) is 2.72. The molecule has 0 unspecified atom stereocenters. The van der Waals surface area contributed by atoms with Gasteiger partial charge in [-0.3, -0.25) is 4.79 Å². The summed E-state index contributed by atoms with van der Waals surface area (Å²) in [5.74, 6) is -0.210. The van der Waals surface area contributed by atoms with Crippen LogP contribution in [0.5, 0.6) is 0 Å². The molecule has 1 aliphatic heterocycles. The smallest absolute Gasteiger partial charge is 0.338 e. The van der Waals surface area contributed by atoms with Gasteiger partial charge in [0.25, 0.3) is 0 Å². The molecule has 2 N–H and O–H groups in total. The predicted octanol–water partition coefficient (Wildman–Crippen LogP) is 3.90. The van der Waals surface area contributed by atoms with E-state index in [1.807, 2.05) is 38.2 Å². The summed E-state index contributed by atoms with van der Waals surface area (Å²) in [6, 6.07) is 7.16. The van der Waals surface area contributed by atoms with Crippen LogP contribution < -0.4 is 10.6 Å². The summed E-state index contributed by atoms with van der Waals surface area (Å²) in [6.45, 7) is 3.95. The van der Waals surface area contributed by atoms with E-state index in [1.165, 1.54) is 6.42 Å². The number of nitrogens with one attached hydrogen (secondary N) is 2. The van der Waals surface area contributed by atoms with Crippen molar-refractivity contribution in [2.45, 2.75) is 52.0 Å². The number of benzene rings is 1. The quantitative estimate of drug-likeness (QED) is 0.561. The van der Waals surface area contributed by atoms with Crippen molar-refractivity contribution < 1.29 is 14.3 Å². The van der Waals surface area contributed by atoms with Crippen LogP contribution in [0, 0.1) is 5.92 Å². The second-order valence-electron chi connectivity index (χ2n) is 7.61.